The van der Waals surface area contributed by atoms with E-state index >= 15 is 4.39 Å². The standard InChI is InChI=1S/C18H24F2N4O4/c1-28-16-14-12(17(26)23-18(27)22-14)11(7-2-3-7)13(20)15(16)24-4-8(9(19)5-24)10(21)6-25/h7-10,15-16,25H,2-6,21H2,1H3,(H2,22,23,26,27). The fraction of sp³-hybridized carbons (Fsp3) is 0.667. The van der Waals surface area contributed by atoms with Gasteiger partial charge < -0.3 is 20.6 Å². The third-order valence-electron chi connectivity index (χ3n) is 6.04. The second-order valence-electron chi connectivity index (χ2n) is 7.81. The Morgan fingerprint density at radius 3 is 2.64 bits per heavy atom. The Balaban J connectivity index is 1.81. The first-order valence-electron chi connectivity index (χ1n) is 9.41. The summed E-state index contributed by atoms with van der Waals surface area (Å²) in [6, 6.07) is -1.73. The summed E-state index contributed by atoms with van der Waals surface area (Å²) in [7, 11) is 1.36. The molecule has 154 valence electrons. The lowest BCUT2D eigenvalue weighted by Crippen LogP contribution is -2.46. The second-order valence-corrected chi connectivity index (χ2v) is 7.81. The number of aromatic amines is 2. The van der Waals surface area contributed by atoms with Crippen LogP contribution in [0.5, 0.6) is 0 Å². The maximum Gasteiger partial charge on any atom is 0.326 e. The van der Waals surface area contributed by atoms with Gasteiger partial charge >= 0.3 is 5.69 Å². The Bertz CT molecular complexity index is 910. The molecule has 4 rings (SSSR count). The van der Waals surface area contributed by atoms with Crippen molar-refractivity contribution in [1.29, 1.82) is 0 Å². The van der Waals surface area contributed by atoms with Crippen molar-refractivity contribution in [2.24, 2.45) is 17.6 Å². The number of alkyl halides is 1. The highest BCUT2D eigenvalue weighted by Gasteiger charge is 2.49. The van der Waals surface area contributed by atoms with Crippen LogP contribution in [-0.2, 0) is 4.74 Å². The number of hydrogen-bond donors (Lipinski definition) is 4. The Kier molecular flexibility index (Phi) is 4.98. The van der Waals surface area contributed by atoms with Crippen LogP contribution in [-0.4, -0.2) is 65.0 Å². The molecule has 8 nitrogen and oxygen atoms in total. The number of nitrogens with zero attached hydrogens (tertiary/aromatic N) is 1. The van der Waals surface area contributed by atoms with Crippen LogP contribution in [0.1, 0.15) is 30.2 Å². The third-order valence-corrected chi connectivity index (χ3v) is 6.04. The van der Waals surface area contributed by atoms with Gasteiger partial charge in [-0.3, -0.25) is 14.7 Å². The number of aliphatic hydroxyl groups excluding tert-OH is 1. The van der Waals surface area contributed by atoms with Gasteiger partial charge in [0.2, 0.25) is 0 Å². The van der Waals surface area contributed by atoms with Crippen molar-refractivity contribution < 1.29 is 18.6 Å². The number of methoxy groups -OCH3 is 1. The number of fused-ring (bicyclic) bond motifs is 1. The summed E-state index contributed by atoms with van der Waals surface area (Å²) in [6.45, 7) is -0.299. The van der Waals surface area contributed by atoms with Crippen LogP contribution in [0, 0.1) is 11.8 Å². The van der Waals surface area contributed by atoms with Crippen LogP contribution >= 0.6 is 0 Å². The Hall–Kier alpha value is -1.88. The van der Waals surface area contributed by atoms with E-state index in [1.807, 2.05) is 0 Å². The van der Waals surface area contributed by atoms with Crippen molar-refractivity contribution in [3.8, 4) is 0 Å². The number of H-pyrrole nitrogens is 2. The van der Waals surface area contributed by atoms with Crippen molar-refractivity contribution in [1.82, 2.24) is 14.9 Å². The zero-order valence-corrected chi connectivity index (χ0v) is 15.5. The van der Waals surface area contributed by atoms with Crippen molar-refractivity contribution in [3.05, 3.63) is 37.9 Å². The molecule has 0 radical (unpaired) electrons. The maximum atomic E-state index is 15.7. The number of rotatable bonds is 5. The fourth-order valence-electron chi connectivity index (χ4n) is 4.51. The lowest BCUT2D eigenvalue weighted by atomic mass is 9.86. The summed E-state index contributed by atoms with van der Waals surface area (Å²) < 4.78 is 35.7. The highest BCUT2D eigenvalue weighted by atomic mass is 19.1. The van der Waals surface area contributed by atoms with Crippen molar-refractivity contribution in [2.45, 2.75) is 37.2 Å². The molecule has 1 saturated carbocycles. The zero-order valence-electron chi connectivity index (χ0n) is 15.5. The van der Waals surface area contributed by atoms with E-state index in [4.69, 9.17) is 10.5 Å². The van der Waals surface area contributed by atoms with Crippen molar-refractivity contribution in [3.63, 3.8) is 0 Å². The van der Waals surface area contributed by atoms with Gasteiger partial charge in [0.25, 0.3) is 5.56 Å². The highest BCUT2D eigenvalue weighted by molar-refractivity contribution is 5.75. The maximum absolute atomic E-state index is 15.7. The minimum absolute atomic E-state index is 0.0724. The Morgan fingerprint density at radius 1 is 1.32 bits per heavy atom. The molecule has 1 aliphatic heterocycles. The first-order valence-corrected chi connectivity index (χ1v) is 9.41. The van der Waals surface area contributed by atoms with E-state index in [-0.39, 0.29) is 42.4 Å². The highest BCUT2D eigenvalue weighted by Crippen LogP contribution is 2.50. The van der Waals surface area contributed by atoms with E-state index < -0.39 is 47.4 Å². The van der Waals surface area contributed by atoms with Crippen LogP contribution in [0.4, 0.5) is 8.78 Å². The van der Waals surface area contributed by atoms with Gasteiger partial charge in [0.1, 0.15) is 18.1 Å². The van der Waals surface area contributed by atoms with Crippen LogP contribution in [0.25, 0.3) is 5.57 Å². The van der Waals surface area contributed by atoms with E-state index in [0.29, 0.717) is 0 Å². The molecule has 28 heavy (non-hydrogen) atoms. The van der Waals surface area contributed by atoms with Gasteiger partial charge in [-0.05, 0) is 18.8 Å². The second kappa shape index (κ2) is 7.18. The van der Waals surface area contributed by atoms with Crippen LogP contribution in [0.2, 0.25) is 0 Å². The van der Waals surface area contributed by atoms with Gasteiger partial charge in [-0.25, -0.2) is 13.6 Å². The largest absolute Gasteiger partial charge is 0.395 e. The summed E-state index contributed by atoms with van der Waals surface area (Å²) in [6.07, 6.45) is -0.802. The molecule has 1 aromatic rings. The molecule has 0 bridgehead atoms. The van der Waals surface area contributed by atoms with E-state index in [1.54, 1.807) is 4.90 Å². The number of aliphatic hydroxyl groups is 1. The van der Waals surface area contributed by atoms with Crippen LogP contribution < -0.4 is 17.0 Å². The molecule has 2 aliphatic carbocycles. The van der Waals surface area contributed by atoms with Gasteiger partial charge in [0, 0.05) is 37.7 Å². The van der Waals surface area contributed by atoms with Gasteiger partial charge in [0.05, 0.1) is 23.9 Å². The number of allylic oxidation sites excluding steroid dienone is 1. The fourth-order valence-corrected chi connectivity index (χ4v) is 4.51. The quantitative estimate of drug-likeness (QED) is 0.545. The summed E-state index contributed by atoms with van der Waals surface area (Å²) in [5, 5.41) is 9.28. The lowest BCUT2D eigenvalue weighted by Gasteiger charge is -2.37. The SMILES string of the molecule is COC1c2[nH]c(=O)[nH]c(=O)c2C(C2CC2)=C(F)C1N1CC(F)C(C(N)CO)C1. The third kappa shape index (κ3) is 3.04. The van der Waals surface area contributed by atoms with E-state index in [0.717, 1.165) is 12.8 Å². The smallest absolute Gasteiger partial charge is 0.326 e. The first-order chi connectivity index (χ1) is 13.4. The molecule has 10 heteroatoms. The molecule has 2 heterocycles. The van der Waals surface area contributed by atoms with Gasteiger partial charge in [-0.2, -0.15) is 0 Å². The summed E-state index contributed by atoms with van der Waals surface area (Å²) >= 11 is 0. The van der Waals surface area contributed by atoms with E-state index in [1.165, 1.54) is 7.11 Å². The molecular weight excluding hydrogens is 374 g/mol. The monoisotopic (exact) mass is 398 g/mol. The molecule has 1 aromatic heterocycles. The van der Waals surface area contributed by atoms with Gasteiger partial charge in [-0.15, -0.1) is 0 Å². The molecular formula is C18H24F2N4O4. The lowest BCUT2D eigenvalue weighted by molar-refractivity contribution is 0.0195. The molecule has 5 unspecified atom stereocenters. The summed E-state index contributed by atoms with van der Waals surface area (Å²) in [5.74, 6) is -1.27. The number of aromatic nitrogens is 2. The topological polar surface area (TPSA) is 124 Å². The summed E-state index contributed by atoms with van der Waals surface area (Å²) in [4.78, 5) is 30.7. The number of ether oxygens (including phenoxy) is 1. The van der Waals surface area contributed by atoms with Crippen molar-refractivity contribution in [2.75, 3.05) is 26.8 Å². The number of nitrogens with one attached hydrogen (secondary N) is 2. The molecule has 1 saturated heterocycles. The molecule has 5 N–H and O–H groups in total. The van der Waals surface area contributed by atoms with Gasteiger partial charge in [-0.1, -0.05) is 0 Å². The molecule has 0 spiro atoms. The Labute approximate surface area is 159 Å². The van der Waals surface area contributed by atoms with Crippen LogP contribution in [0.15, 0.2) is 15.4 Å². The summed E-state index contributed by atoms with van der Waals surface area (Å²) in [5.41, 5.74) is 5.07. The van der Waals surface area contributed by atoms with Crippen LogP contribution in [0.3, 0.4) is 0 Å². The first kappa shape index (κ1) is 19.4. The predicted octanol–water partition coefficient (Wildman–Crippen LogP) is -0.187. The Morgan fingerprint density at radius 2 is 2.04 bits per heavy atom. The molecule has 5 atom stereocenters. The number of halogens is 2. The van der Waals surface area contributed by atoms with E-state index in [9.17, 15) is 19.1 Å². The molecule has 2 fully saturated rings. The van der Waals surface area contributed by atoms with Crippen molar-refractivity contribution >= 4 is 5.57 Å². The van der Waals surface area contributed by atoms with Gasteiger partial charge in [0.15, 0.2) is 0 Å². The number of likely N-dealkylation sites (tertiary alicyclic amines) is 1. The normalized spacial score (nSPS) is 31.9. The molecule has 3 aliphatic rings. The van der Waals surface area contributed by atoms with E-state index in [2.05, 4.69) is 9.97 Å². The predicted molar refractivity (Wildman–Crippen MR) is 97.0 cm³/mol. The molecule has 0 amide bonds. The molecule has 0 aromatic carbocycles. The average molecular weight is 398 g/mol. The average Bonchev–Trinajstić information content (AvgIpc) is 3.42. The zero-order chi connectivity index (χ0) is 20.2. The number of hydrogen-bond acceptors (Lipinski definition) is 6. The minimum atomic E-state index is -1.32. The number of nitrogens with two attached hydrogens (primary N) is 1. The minimum Gasteiger partial charge on any atom is -0.395 e.